The van der Waals surface area contributed by atoms with E-state index in [0.29, 0.717) is 11.2 Å². The Balaban J connectivity index is 1.34. The number of aromatic nitrogens is 2. The van der Waals surface area contributed by atoms with E-state index in [1.807, 2.05) is 18.3 Å². The molecule has 0 radical (unpaired) electrons. The van der Waals surface area contributed by atoms with Crippen LogP contribution in [0, 0.1) is 24.0 Å². The van der Waals surface area contributed by atoms with Crippen molar-refractivity contribution in [1.29, 1.82) is 0 Å². The Kier molecular flexibility index (Phi) is 6.41. The summed E-state index contributed by atoms with van der Waals surface area (Å²) < 4.78 is 2.48. The lowest BCUT2D eigenvalue weighted by Crippen LogP contribution is -2.29. The summed E-state index contributed by atoms with van der Waals surface area (Å²) in [5.41, 5.74) is 5.90. The van der Waals surface area contributed by atoms with Crippen molar-refractivity contribution in [2.75, 3.05) is 4.90 Å². The van der Waals surface area contributed by atoms with Crippen molar-refractivity contribution in [3.8, 4) is 0 Å². The molecule has 1 aliphatic carbocycles. The summed E-state index contributed by atoms with van der Waals surface area (Å²) in [6.45, 7) is 4.42. The van der Waals surface area contributed by atoms with Gasteiger partial charge in [-0.2, -0.15) is 0 Å². The van der Waals surface area contributed by atoms with Gasteiger partial charge in [-0.15, -0.1) is 0 Å². The molecule has 1 aliphatic heterocycles. The van der Waals surface area contributed by atoms with Gasteiger partial charge in [0.05, 0.1) is 22.7 Å². The van der Waals surface area contributed by atoms with Crippen LogP contribution in [0.1, 0.15) is 53.6 Å². The zero-order valence-corrected chi connectivity index (χ0v) is 22.7. The minimum atomic E-state index is -0.382. The molecule has 1 saturated heterocycles. The molecule has 0 bridgehead atoms. The summed E-state index contributed by atoms with van der Waals surface area (Å²) in [7, 11) is 0. The van der Waals surface area contributed by atoms with Crippen LogP contribution in [0.25, 0.3) is 0 Å². The first kappa shape index (κ1) is 24.6. The van der Waals surface area contributed by atoms with Gasteiger partial charge in [0.2, 0.25) is 0 Å². The number of anilines is 1. The number of nitrogens with one attached hydrogen (secondary N) is 1. The van der Waals surface area contributed by atoms with E-state index in [-0.39, 0.29) is 22.7 Å². The molecule has 9 heteroatoms. The van der Waals surface area contributed by atoms with Crippen molar-refractivity contribution in [1.82, 2.24) is 14.9 Å². The molecule has 3 heterocycles. The smallest absolute Gasteiger partial charge is 0.269 e. The second-order valence-corrected chi connectivity index (χ2v) is 11.3. The minimum Gasteiger partial charge on any atom is -0.351 e. The van der Waals surface area contributed by atoms with Gasteiger partial charge in [-0.1, -0.05) is 17.8 Å². The Hall–Kier alpha value is -3.69. The number of rotatable bonds is 7. The van der Waals surface area contributed by atoms with Crippen molar-refractivity contribution < 1.29 is 4.92 Å². The summed E-state index contributed by atoms with van der Waals surface area (Å²) in [5, 5.41) is 15.2. The fraction of sp³-hybridized carbons (Fsp3) is 0.241. The third kappa shape index (κ3) is 4.56. The van der Waals surface area contributed by atoms with E-state index in [2.05, 4.69) is 70.0 Å². The van der Waals surface area contributed by atoms with Crippen molar-refractivity contribution in [3.63, 3.8) is 0 Å². The Morgan fingerprint density at radius 3 is 2.32 bits per heavy atom. The number of nitro benzene ring substituents is 1. The second-order valence-electron chi connectivity index (χ2n) is 9.77. The van der Waals surface area contributed by atoms with E-state index in [1.54, 1.807) is 23.9 Å². The lowest BCUT2D eigenvalue weighted by Gasteiger charge is -2.28. The zero-order valence-electron chi connectivity index (χ0n) is 21.1. The van der Waals surface area contributed by atoms with Gasteiger partial charge in [0, 0.05) is 51.2 Å². The molecule has 192 valence electrons. The van der Waals surface area contributed by atoms with Crippen LogP contribution in [0.2, 0.25) is 0 Å². The maximum absolute atomic E-state index is 11.0. The predicted molar refractivity (Wildman–Crippen MR) is 154 cm³/mol. The minimum absolute atomic E-state index is 0.0377. The summed E-state index contributed by atoms with van der Waals surface area (Å²) >= 11 is 7.48. The van der Waals surface area contributed by atoms with Crippen LogP contribution in [-0.2, 0) is 0 Å². The molecule has 2 aliphatic rings. The Labute approximate surface area is 231 Å². The van der Waals surface area contributed by atoms with Gasteiger partial charge in [0.1, 0.15) is 0 Å². The standard InChI is InChI=1S/C29H27N5O2S2/c1-18-17-25(19(2)32(18)20-6-7-20)28-27(26-5-3-4-16-30-26)31-29(37)33(28)21-8-12-23(13-9-21)38-24-14-10-22(11-15-24)34(35)36/h3-5,8-17,20,27-28H,6-7H2,1-2H3,(H,31,37)/t27-,28+/m0/s1. The molecule has 6 rings (SSSR count). The first-order valence-corrected chi connectivity index (χ1v) is 13.8. The van der Waals surface area contributed by atoms with Gasteiger partial charge in [0.25, 0.3) is 5.69 Å². The van der Waals surface area contributed by atoms with Gasteiger partial charge in [-0.25, -0.2) is 0 Å². The molecule has 0 amide bonds. The fourth-order valence-corrected chi connectivity index (χ4v) is 6.55. The number of non-ortho nitro benzene ring substituents is 1. The van der Waals surface area contributed by atoms with Gasteiger partial charge in [-0.05, 0) is 99.1 Å². The zero-order chi connectivity index (χ0) is 26.4. The molecule has 4 aromatic rings. The summed E-state index contributed by atoms with van der Waals surface area (Å²) in [5.74, 6) is 0. The van der Waals surface area contributed by atoms with E-state index < -0.39 is 0 Å². The first-order chi connectivity index (χ1) is 18.4. The third-order valence-corrected chi connectivity index (χ3v) is 8.58. The highest BCUT2D eigenvalue weighted by molar-refractivity contribution is 7.99. The molecule has 1 saturated carbocycles. The molecule has 38 heavy (non-hydrogen) atoms. The van der Waals surface area contributed by atoms with Crippen LogP contribution in [0.5, 0.6) is 0 Å². The lowest BCUT2D eigenvalue weighted by molar-refractivity contribution is -0.384. The molecule has 2 fully saturated rings. The topological polar surface area (TPSA) is 76.2 Å². The molecule has 2 aromatic heterocycles. The average Bonchev–Trinajstić information content (AvgIpc) is 3.63. The van der Waals surface area contributed by atoms with E-state index in [0.717, 1.165) is 21.2 Å². The Bertz CT molecular complexity index is 1500. The van der Waals surface area contributed by atoms with Crippen molar-refractivity contribution >= 4 is 40.5 Å². The molecule has 7 nitrogen and oxygen atoms in total. The summed E-state index contributed by atoms with van der Waals surface area (Å²) in [6, 6.07) is 23.8. The highest BCUT2D eigenvalue weighted by Gasteiger charge is 2.43. The maximum Gasteiger partial charge on any atom is 0.269 e. The second kappa shape index (κ2) is 9.89. The largest absolute Gasteiger partial charge is 0.351 e. The first-order valence-electron chi connectivity index (χ1n) is 12.6. The van der Waals surface area contributed by atoms with Crippen molar-refractivity contribution in [2.45, 2.75) is 54.6 Å². The molecular formula is C29H27N5O2S2. The van der Waals surface area contributed by atoms with E-state index in [4.69, 9.17) is 12.2 Å². The highest BCUT2D eigenvalue weighted by atomic mass is 32.2. The number of nitrogens with zero attached hydrogens (tertiary/aromatic N) is 4. The van der Waals surface area contributed by atoms with Crippen molar-refractivity contribution in [3.05, 3.63) is 112 Å². The molecule has 1 N–H and O–H groups in total. The highest BCUT2D eigenvalue weighted by Crippen LogP contribution is 2.46. The molecule has 2 atom stereocenters. The van der Waals surface area contributed by atoms with Crippen LogP contribution in [0.4, 0.5) is 11.4 Å². The van der Waals surface area contributed by atoms with Gasteiger partial charge < -0.3 is 14.8 Å². The van der Waals surface area contributed by atoms with E-state index >= 15 is 0 Å². The lowest BCUT2D eigenvalue weighted by atomic mass is 9.96. The monoisotopic (exact) mass is 541 g/mol. The Morgan fingerprint density at radius 2 is 1.71 bits per heavy atom. The van der Waals surface area contributed by atoms with Crippen molar-refractivity contribution in [2.24, 2.45) is 0 Å². The quantitative estimate of drug-likeness (QED) is 0.152. The third-order valence-electron chi connectivity index (χ3n) is 7.25. The maximum atomic E-state index is 11.0. The molecule has 2 aromatic carbocycles. The number of thiocarbonyl (C=S) groups is 1. The van der Waals surface area contributed by atoms with E-state index in [1.165, 1.54) is 41.9 Å². The summed E-state index contributed by atoms with van der Waals surface area (Å²) in [6.07, 6.45) is 4.30. The van der Waals surface area contributed by atoms with Crippen LogP contribution in [0.15, 0.2) is 88.8 Å². The Morgan fingerprint density at radius 1 is 1.03 bits per heavy atom. The normalized spacial score (nSPS) is 19.0. The number of nitro groups is 1. The van der Waals surface area contributed by atoms with Crippen LogP contribution in [-0.4, -0.2) is 19.6 Å². The predicted octanol–water partition coefficient (Wildman–Crippen LogP) is 7.07. The van der Waals surface area contributed by atoms with E-state index in [9.17, 15) is 10.1 Å². The summed E-state index contributed by atoms with van der Waals surface area (Å²) in [4.78, 5) is 19.5. The van der Waals surface area contributed by atoms with Gasteiger partial charge >= 0.3 is 0 Å². The number of benzene rings is 2. The SMILES string of the molecule is Cc1cc([C@@H]2[C@H](c3ccccn3)NC(=S)N2c2ccc(Sc3ccc([N+](=O)[O-])cc3)cc2)c(C)n1C1CC1. The molecule has 0 spiro atoms. The fourth-order valence-electron chi connectivity index (χ4n) is 5.39. The van der Waals surface area contributed by atoms with Crippen LogP contribution < -0.4 is 10.2 Å². The number of pyridine rings is 1. The molecule has 0 unspecified atom stereocenters. The van der Waals surface area contributed by atoms with Gasteiger partial charge in [-0.3, -0.25) is 15.1 Å². The number of hydrogen-bond acceptors (Lipinski definition) is 5. The van der Waals surface area contributed by atoms with Gasteiger partial charge in [0.15, 0.2) is 5.11 Å². The molecular weight excluding hydrogens is 514 g/mol. The average molecular weight is 542 g/mol. The number of hydrogen-bond donors (Lipinski definition) is 1. The van der Waals surface area contributed by atoms with Crippen LogP contribution in [0.3, 0.4) is 0 Å². The van der Waals surface area contributed by atoms with Crippen LogP contribution >= 0.6 is 24.0 Å². The number of aryl methyl sites for hydroxylation is 1.